The van der Waals surface area contributed by atoms with Crippen LogP contribution in [0.3, 0.4) is 0 Å². The lowest BCUT2D eigenvalue weighted by Crippen LogP contribution is -1.70. The third-order valence-corrected chi connectivity index (χ3v) is 1.88. The Hall–Kier alpha value is -0.810. The van der Waals surface area contributed by atoms with E-state index >= 15 is 0 Å². The quantitative estimate of drug-likeness (QED) is 0.600. The van der Waals surface area contributed by atoms with Crippen LogP contribution in [0.1, 0.15) is 5.56 Å². The van der Waals surface area contributed by atoms with Gasteiger partial charge < -0.3 is 0 Å². The number of nitrogens with zero attached hydrogens (tertiary/aromatic N) is 1. The van der Waals surface area contributed by atoms with Crippen molar-refractivity contribution in [2.75, 3.05) is 0 Å². The molecule has 1 nitrogen and oxygen atoms in total. The molecule has 0 unspecified atom stereocenters. The van der Waals surface area contributed by atoms with E-state index in [9.17, 15) is 0 Å². The largest absolute Gasteiger partial charge is 0.353 e. The molecule has 0 aliphatic heterocycles. The molecule has 0 aliphatic carbocycles. The normalized spacial score (nSPS) is 8.90. The van der Waals surface area contributed by atoms with E-state index in [2.05, 4.69) is 20.8 Å². The third kappa shape index (κ3) is 1.37. The predicted octanol–water partition coefficient (Wildman–Crippen LogP) is 3.35. The van der Waals surface area contributed by atoms with Crippen molar-refractivity contribution in [2.24, 2.45) is 0 Å². The Morgan fingerprint density at radius 1 is 1.50 bits per heavy atom. The molecule has 0 N–H and O–H groups in total. The van der Waals surface area contributed by atoms with Gasteiger partial charge in [-0.3, -0.25) is 0 Å². The zero-order valence-electron chi connectivity index (χ0n) is 5.63. The van der Waals surface area contributed by atoms with Gasteiger partial charge in [0.1, 0.15) is 4.47 Å². The zero-order chi connectivity index (χ0) is 7.56. The van der Waals surface area contributed by atoms with Crippen molar-refractivity contribution in [1.82, 2.24) is 0 Å². The summed E-state index contributed by atoms with van der Waals surface area (Å²) in [4.78, 5) is 3.56. The Balaban J connectivity index is 3.23. The van der Waals surface area contributed by atoms with E-state index in [1.165, 1.54) is 5.56 Å². The van der Waals surface area contributed by atoms with Crippen LogP contribution in [0.15, 0.2) is 22.7 Å². The van der Waals surface area contributed by atoms with Gasteiger partial charge in [0.2, 0.25) is 0 Å². The van der Waals surface area contributed by atoms with Crippen molar-refractivity contribution in [1.29, 1.82) is 0 Å². The van der Waals surface area contributed by atoms with Gasteiger partial charge in [0.25, 0.3) is 6.57 Å². The summed E-state index contributed by atoms with van der Waals surface area (Å²) < 4.78 is 0.940. The average Bonchev–Trinajstić information content (AvgIpc) is 1.88. The molecule has 50 valence electrons. The highest BCUT2D eigenvalue weighted by molar-refractivity contribution is 9.10. The molecule has 0 bridgehead atoms. The van der Waals surface area contributed by atoms with Gasteiger partial charge in [0.15, 0.2) is 0 Å². The Morgan fingerprint density at radius 3 is 2.70 bits per heavy atom. The molecule has 0 amide bonds. The second-order valence-electron chi connectivity index (χ2n) is 2.08. The van der Waals surface area contributed by atoms with Crippen molar-refractivity contribution < 1.29 is 0 Å². The summed E-state index contributed by atoms with van der Waals surface area (Å²) in [5, 5.41) is 0. The SMILES string of the molecule is C#[N+]c1ccc(C)cc1Br. The van der Waals surface area contributed by atoms with Gasteiger partial charge in [-0.2, -0.15) is 0 Å². The van der Waals surface area contributed by atoms with E-state index in [0.717, 1.165) is 10.2 Å². The van der Waals surface area contributed by atoms with Crippen LogP contribution >= 0.6 is 15.9 Å². The third-order valence-electron chi connectivity index (χ3n) is 1.24. The summed E-state index contributed by atoms with van der Waals surface area (Å²) in [6.45, 7) is 7.11. The smallest absolute Gasteiger partial charge is 0.0513 e. The van der Waals surface area contributed by atoms with Crippen LogP contribution in [0.2, 0.25) is 0 Å². The van der Waals surface area contributed by atoms with E-state index in [0.29, 0.717) is 0 Å². The molecule has 0 saturated heterocycles. The molecule has 2 heteroatoms. The molecule has 0 aromatic heterocycles. The summed E-state index contributed by atoms with van der Waals surface area (Å²) in [6, 6.07) is 5.82. The molecule has 10 heavy (non-hydrogen) atoms. The molecule has 1 aromatic rings. The van der Waals surface area contributed by atoms with Crippen molar-refractivity contribution in [3.8, 4) is 6.57 Å². The van der Waals surface area contributed by atoms with Gasteiger partial charge in [-0.05, 0) is 39.3 Å². The van der Waals surface area contributed by atoms with Crippen molar-refractivity contribution in [2.45, 2.75) is 6.92 Å². The monoisotopic (exact) mass is 196 g/mol. The van der Waals surface area contributed by atoms with Crippen molar-refractivity contribution in [3.05, 3.63) is 33.1 Å². The maximum Gasteiger partial charge on any atom is 0.353 e. The molecule has 0 atom stereocenters. The molecule has 0 fully saturated rings. The highest BCUT2D eigenvalue weighted by atomic mass is 79.9. The van der Waals surface area contributed by atoms with Gasteiger partial charge in [-0.15, -0.1) is 0 Å². The number of aryl methyl sites for hydroxylation is 1. The average molecular weight is 197 g/mol. The molecular weight excluding hydrogens is 190 g/mol. The summed E-state index contributed by atoms with van der Waals surface area (Å²) in [7, 11) is 0. The van der Waals surface area contributed by atoms with Gasteiger partial charge in [-0.25, -0.2) is 0 Å². The van der Waals surface area contributed by atoms with Crippen LogP contribution in [0.4, 0.5) is 5.69 Å². The molecular formula is C8H7BrN+. The second-order valence-corrected chi connectivity index (χ2v) is 2.94. The van der Waals surface area contributed by atoms with Gasteiger partial charge >= 0.3 is 5.69 Å². The highest BCUT2D eigenvalue weighted by Crippen LogP contribution is 2.25. The van der Waals surface area contributed by atoms with Crippen LogP contribution in [0, 0.1) is 13.5 Å². The minimum Gasteiger partial charge on any atom is -0.0513 e. The van der Waals surface area contributed by atoms with E-state index in [1.54, 1.807) is 0 Å². The highest BCUT2D eigenvalue weighted by Gasteiger charge is 2.05. The summed E-state index contributed by atoms with van der Waals surface area (Å²) in [5.74, 6) is 0. The van der Waals surface area contributed by atoms with E-state index < -0.39 is 0 Å². The lowest BCUT2D eigenvalue weighted by Gasteiger charge is -1.88. The Bertz CT molecular complexity index is 286. The fourth-order valence-electron chi connectivity index (χ4n) is 0.717. The predicted molar refractivity (Wildman–Crippen MR) is 46.8 cm³/mol. The van der Waals surface area contributed by atoms with Gasteiger partial charge in [0.05, 0.1) is 0 Å². The fourth-order valence-corrected chi connectivity index (χ4v) is 1.31. The Morgan fingerprint density at radius 2 is 2.20 bits per heavy atom. The van der Waals surface area contributed by atoms with Crippen molar-refractivity contribution in [3.63, 3.8) is 0 Å². The minimum absolute atomic E-state index is 0.783. The standard InChI is InChI=1S/C8H7BrN/c1-6-3-4-8(10-2)7(9)5-6/h2-5H,1H3/q+1. The topological polar surface area (TPSA) is 4.36 Å². The molecule has 0 spiro atoms. The number of hydrogen-bond acceptors (Lipinski definition) is 0. The number of halogens is 1. The van der Waals surface area contributed by atoms with Crippen LogP contribution in [-0.4, -0.2) is 0 Å². The van der Waals surface area contributed by atoms with E-state index in [-0.39, 0.29) is 0 Å². The van der Waals surface area contributed by atoms with Crippen LogP contribution < -0.4 is 0 Å². The number of benzene rings is 1. The fraction of sp³-hybridized carbons (Fsp3) is 0.125. The second kappa shape index (κ2) is 2.85. The first-order valence-electron chi connectivity index (χ1n) is 2.91. The summed E-state index contributed by atoms with van der Waals surface area (Å²) in [6.07, 6.45) is 0. The molecule has 1 rings (SSSR count). The van der Waals surface area contributed by atoms with Crippen LogP contribution in [0.5, 0.6) is 0 Å². The van der Waals surface area contributed by atoms with Crippen LogP contribution in [-0.2, 0) is 0 Å². The van der Waals surface area contributed by atoms with E-state index in [1.807, 2.05) is 25.1 Å². The maximum atomic E-state index is 5.10. The number of rotatable bonds is 0. The molecule has 0 heterocycles. The molecule has 1 aromatic carbocycles. The minimum atomic E-state index is 0.783. The van der Waals surface area contributed by atoms with Gasteiger partial charge in [-0.1, -0.05) is 6.07 Å². The van der Waals surface area contributed by atoms with E-state index in [4.69, 9.17) is 6.57 Å². The zero-order valence-corrected chi connectivity index (χ0v) is 7.22. The first-order valence-corrected chi connectivity index (χ1v) is 3.70. The Kier molecular flexibility index (Phi) is 2.08. The summed E-state index contributed by atoms with van der Waals surface area (Å²) in [5.41, 5.74) is 1.98. The lowest BCUT2D eigenvalue weighted by molar-refractivity contribution is 1.46. The maximum absolute atomic E-state index is 5.10. The van der Waals surface area contributed by atoms with Gasteiger partial charge in [0, 0.05) is 6.07 Å². The van der Waals surface area contributed by atoms with Crippen molar-refractivity contribution >= 4 is 21.6 Å². The molecule has 0 radical (unpaired) electrons. The first kappa shape index (κ1) is 7.30. The first-order chi connectivity index (χ1) is 4.74. The number of hydrogen-bond donors (Lipinski definition) is 0. The summed E-state index contributed by atoms with van der Waals surface area (Å²) >= 11 is 3.33. The Labute approximate surface area is 68.6 Å². The molecule has 0 aliphatic rings. The molecule has 0 saturated carbocycles. The van der Waals surface area contributed by atoms with Crippen LogP contribution in [0.25, 0.3) is 4.85 Å². The lowest BCUT2D eigenvalue weighted by atomic mass is 10.2.